The molecule has 0 bridgehead atoms. The Labute approximate surface area is 148 Å². The number of nitrogens with zero attached hydrogens (tertiary/aromatic N) is 1. The first-order chi connectivity index (χ1) is 11.8. The maximum atomic E-state index is 12.2. The van der Waals surface area contributed by atoms with E-state index in [1.54, 1.807) is 18.2 Å². The summed E-state index contributed by atoms with van der Waals surface area (Å²) in [6.45, 7) is 6.58. The summed E-state index contributed by atoms with van der Waals surface area (Å²) < 4.78 is 0. The molecule has 2 aromatic rings. The Kier molecular flexibility index (Phi) is 4.62. The maximum Gasteiger partial charge on any atom is 0.243 e. The van der Waals surface area contributed by atoms with Gasteiger partial charge < -0.3 is 5.11 Å². The van der Waals surface area contributed by atoms with Crippen molar-refractivity contribution in [3.05, 3.63) is 65.2 Å². The number of rotatable bonds is 4. The number of carbonyl (C=O) groups excluding carboxylic acids is 1. The molecule has 0 spiro atoms. The van der Waals surface area contributed by atoms with Crippen molar-refractivity contribution in [2.75, 3.05) is 0 Å². The highest BCUT2D eigenvalue weighted by Gasteiger charge is 2.43. The maximum absolute atomic E-state index is 12.2. The number of nitrogens with one attached hydrogen (secondary N) is 1. The Balaban J connectivity index is 1.55. The van der Waals surface area contributed by atoms with Crippen LogP contribution < -0.4 is 5.43 Å². The Morgan fingerprint density at radius 1 is 1.20 bits per heavy atom. The van der Waals surface area contributed by atoms with Crippen molar-refractivity contribution in [2.24, 2.45) is 11.0 Å². The van der Waals surface area contributed by atoms with Crippen LogP contribution in [0.3, 0.4) is 0 Å². The second-order valence-corrected chi connectivity index (χ2v) is 7.65. The van der Waals surface area contributed by atoms with Gasteiger partial charge in [0.15, 0.2) is 0 Å². The number of carbonyl (C=O) groups is 1. The van der Waals surface area contributed by atoms with Crippen LogP contribution in [0.4, 0.5) is 0 Å². The zero-order chi connectivity index (χ0) is 18.0. The summed E-state index contributed by atoms with van der Waals surface area (Å²) in [5, 5.41) is 13.4. The first kappa shape index (κ1) is 17.2. The molecule has 4 heteroatoms. The summed E-state index contributed by atoms with van der Waals surface area (Å²) in [4.78, 5) is 12.2. The summed E-state index contributed by atoms with van der Waals surface area (Å²) in [5.74, 6) is 0.393. The normalized spacial score (nSPS) is 19.8. The van der Waals surface area contributed by atoms with E-state index in [4.69, 9.17) is 0 Å². The van der Waals surface area contributed by atoms with Gasteiger partial charge in [0.05, 0.1) is 6.21 Å². The third-order valence-corrected chi connectivity index (χ3v) is 4.59. The van der Waals surface area contributed by atoms with E-state index >= 15 is 0 Å². The van der Waals surface area contributed by atoms with Gasteiger partial charge in [-0.15, -0.1) is 0 Å². The fraction of sp³-hybridized carbons (Fsp3) is 0.333. The molecule has 2 aromatic carbocycles. The molecule has 2 unspecified atom stereocenters. The minimum absolute atomic E-state index is 0.0122. The fourth-order valence-corrected chi connectivity index (χ4v) is 2.94. The lowest BCUT2D eigenvalue weighted by Gasteiger charge is -2.19. The van der Waals surface area contributed by atoms with Crippen molar-refractivity contribution in [1.82, 2.24) is 5.43 Å². The van der Waals surface area contributed by atoms with Gasteiger partial charge in [-0.1, -0.05) is 57.2 Å². The van der Waals surface area contributed by atoms with Crippen molar-refractivity contribution in [3.8, 4) is 5.75 Å². The van der Waals surface area contributed by atoms with Crippen LogP contribution in [-0.4, -0.2) is 17.2 Å². The number of phenols is 1. The van der Waals surface area contributed by atoms with Gasteiger partial charge in [0.25, 0.3) is 0 Å². The van der Waals surface area contributed by atoms with E-state index in [0.29, 0.717) is 0 Å². The molecule has 1 aliphatic carbocycles. The van der Waals surface area contributed by atoms with Crippen molar-refractivity contribution in [1.29, 1.82) is 0 Å². The smallest absolute Gasteiger partial charge is 0.243 e. The molecule has 0 radical (unpaired) electrons. The van der Waals surface area contributed by atoms with E-state index < -0.39 is 0 Å². The minimum atomic E-state index is -0.0544. The number of amides is 1. The largest absolute Gasteiger partial charge is 0.508 e. The van der Waals surface area contributed by atoms with Crippen molar-refractivity contribution < 1.29 is 9.90 Å². The van der Waals surface area contributed by atoms with Crippen molar-refractivity contribution >= 4 is 12.1 Å². The number of hydrogen-bond acceptors (Lipinski definition) is 3. The number of hydrogen-bond donors (Lipinski definition) is 2. The standard InChI is InChI=1S/C21H24N2O2/c1-21(2,3)16-9-7-15(8-10-16)18-12-19(18)20(25)23-22-13-14-5-4-6-17(24)11-14/h4-11,13,18-19,24H,12H2,1-3H3,(H,23,25)/b22-13-. The summed E-state index contributed by atoms with van der Waals surface area (Å²) in [7, 11) is 0. The molecule has 2 atom stereocenters. The van der Waals surface area contributed by atoms with Gasteiger partial charge in [-0.3, -0.25) is 4.79 Å². The zero-order valence-electron chi connectivity index (χ0n) is 14.9. The van der Waals surface area contributed by atoms with E-state index in [1.807, 2.05) is 6.07 Å². The number of hydrazone groups is 1. The topological polar surface area (TPSA) is 61.7 Å². The predicted octanol–water partition coefficient (Wildman–Crippen LogP) is 3.94. The summed E-state index contributed by atoms with van der Waals surface area (Å²) in [5.41, 5.74) is 5.99. The SMILES string of the molecule is CC(C)(C)c1ccc(C2CC2C(=O)N/N=C\c2cccc(O)c2)cc1. The molecule has 2 N–H and O–H groups in total. The van der Waals surface area contributed by atoms with Gasteiger partial charge in [-0.05, 0) is 46.6 Å². The molecule has 1 fully saturated rings. The second kappa shape index (κ2) is 6.71. The Hall–Kier alpha value is -2.62. The van der Waals surface area contributed by atoms with E-state index in [2.05, 4.69) is 55.6 Å². The molecule has 1 amide bonds. The number of benzene rings is 2. The molecule has 1 aliphatic rings. The summed E-state index contributed by atoms with van der Waals surface area (Å²) >= 11 is 0. The highest BCUT2D eigenvalue weighted by atomic mass is 16.3. The van der Waals surface area contributed by atoms with Gasteiger partial charge in [-0.25, -0.2) is 5.43 Å². The predicted molar refractivity (Wildman–Crippen MR) is 99.8 cm³/mol. The first-order valence-corrected chi connectivity index (χ1v) is 8.57. The number of phenolic OH excluding ortho intramolecular Hbond substituents is 1. The molecule has 130 valence electrons. The van der Waals surface area contributed by atoms with Crippen LogP contribution >= 0.6 is 0 Å². The van der Waals surface area contributed by atoms with Crippen LogP contribution in [0.1, 0.15) is 49.8 Å². The van der Waals surface area contributed by atoms with Crippen LogP contribution in [0, 0.1) is 5.92 Å². The van der Waals surface area contributed by atoms with Gasteiger partial charge in [-0.2, -0.15) is 5.10 Å². The van der Waals surface area contributed by atoms with Crippen LogP contribution in [0.25, 0.3) is 0 Å². The Morgan fingerprint density at radius 2 is 1.92 bits per heavy atom. The highest BCUT2D eigenvalue weighted by Crippen LogP contribution is 2.47. The van der Waals surface area contributed by atoms with E-state index in [9.17, 15) is 9.90 Å². The molecule has 0 aliphatic heterocycles. The van der Waals surface area contributed by atoms with Crippen LogP contribution in [-0.2, 0) is 10.2 Å². The highest BCUT2D eigenvalue weighted by molar-refractivity contribution is 5.85. The first-order valence-electron chi connectivity index (χ1n) is 8.57. The molecule has 1 saturated carbocycles. The summed E-state index contributed by atoms with van der Waals surface area (Å²) in [6, 6.07) is 15.3. The molecule has 0 saturated heterocycles. The molecular formula is C21H24N2O2. The Morgan fingerprint density at radius 3 is 2.56 bits per heavy atom. The number of aromatic hydroxyl groups is 1. The zero-order valence-corrected chi connectivity index (χ0v) is 14.9. The summed E-state index contributed by atoms with van der Waals surface area (Å²) in [6.07, 6.45) is 2.40. The molecule has 3 rings (SSSR count). The Bertz CT molecular complexity index is 788. The van der Waals surface area contributed by atoms with Gasteiger partial charge in [0.2, 0.25) is 5.91 Å². The monoisotopic (exact) mass is 336 g/mol. The van der Waals surface area contributed by atoms with Gasteiger partial charge in [0.1, 0.15) is 5.75 Å². The lowest BCUT2D eigenvalue weighted by molar-refractivity contribution is -0.122. The third kappa shape index (κ3) is 4.27. The molecule has 0 heterocycles. The molecule has 4 nitrogen and oxygen atoms in total. The van der Waals surface area contributed by atoms with Crippen molar-refractivity contribution in [3.63, 3.8) is 0 Å². The second-order valence-electron chi connectivity index (χ2n) is 7.65. The lowest BCUT2D eigenvalue weighted by Crippen LogP contribution is -2.20. The minimum Gasteiger partial charge on any atom is -0.508 e. The van der Waals surface area contributed by atoms with Crippen LogP contribution in [0.5, 0.6) is 5.75 Å². The van der Waals surface area contributed by atoms with Gasteiger partial charge >= 0.3 is 0 Å². The fourth-order valence-electron chi connectivity index (χ4n) is 2.94. The van der Waals surface area contributed by atoms with Crippen LogP contribution in [0.2, 0.25) is 0 Å². The van der Waals surface area contributed by atoms with Crippen LogP contribution in [0.15, 0.2) is 53.6 Å². The van der Waals surface area contributed by atoms with E-state index in [0.717, 1.165) is 12.0 Å². The van der Waals surface area contributed by atoms with Gasteiger partial charge in [0, 0.05) is 5.92 Å². The molecule has 25 heavy (non-hydrogen) atoms. The molecular weight excluding hydrogens is 312 g/mol. The van der Waals surface area contributed by atoms with E-state index in [1.165, 1.54) is 17.3 Å². The average molecular weight is 336 g/mol. The third-order valence-electron chi connectivity index (χ3n) is 4.59. The average Bonchev–Trinajstić information content (AvgIpc) is 3.35. The lowest BCUT2D eigenvalue weighted by atomic mass is 9.86. The quantitative estimate of drug-likeness (QED) is 0.656. The van der Waals surface area contributed by atoms with Crippen molar-refractivity contribution in [2.45, 2.75) is 38.5 Å². The van der Waals surface area contributed by atoms with E-state index in [-0.39, 0.29) is 28.9 Å². The molecule has 0 aromatic heterocycles.